The van der Waals surface area contributed by atoms with Gasteiger partial charge < -0.3 is 19.8 Å². The lowest BCUT2D eigenvalue weighted by atomic mass is 10.0. The summed E-state index contributed by atoms with van der Waals surface area (Å²) in [5, 5.41) is 14.0. The first-order chi connectivity index (χ1) is 43.0. The van der Waals surface area contributed by atoms with Gasteiger partial charge in [0.05, 0.1) is 39.9 Å². The Balaban J connectivity index is 4.02. The Labute approximate surface area is 547 Å². The van der Waals surface area contributed by atoms with Gasteiger partial charge in [0, 0.05) is 6.42 Å². The van der Waals surface area contributed by atoms with Gasteiger partial charge >= 0.3 is 7.82 Å². The number of quaternary nitrogens is 1. The van der Waals surface area contributed by atoms with Crippen LogP contribution in [0.1, 0.15) is 361 Å². The van der Waals surface area contributed by atoms with Crippen LogP contribution < -0.4 is 5.32 Å². The average Bonchev–Trinajstić information content (AvgIpc) is 3.70. The van der Waals surface area contributed by atoms with Crippen LogP contribution in [0.25, 0.3) is 0 Å². The van der Waals surface area contributed by atoms with Gasteiger partial charge in [-0.1, -0.05) is 362 Å². The molecule has 0 aromatic heterocycles. The molecule has 514 valence electrons. The van der Waals surface area contributed by atoms with Crippen LogP contribution in [-0.4, -0.2) is 73.4 Å². The number of nitrogens with one attached hydrogen (secondary N) is 1. The minimum Gasteiger partial charge on any atom is -0.387 e. The molecule has 3 unspecified atom stereocenters. The number of hydrogen-bond donors (Lipinski definition) is 3. The predicted octanol–water partition coefficient (Wildman–Crippen LogP) is 24.7. The normalized spacial score (nSPS) is 14.0. The van der Waals surface area contributed by atoms with E-state index in [2.05, 4.69) is 92.1 Å². The number of aliphatic hydroxyl groups is 1. The fraction of sp³-hybridized carbons (Fsp3) is 0.810. The summed E-state index contributed by atoms with van der Waals surface area (Å²) in [5.74, 6) is -0.182. The molecule has 0 aliphatic carbocycles. The molecule has 0 aliphatic rings. The lowest BCUT2D eigenvalue weighted by Gasteiger charge is -2.25. The number of amides is 1. The van der Waals surface area contributed by atoms with Gasteiger partial charge in [0.1, 0.15) is 13.2 Å². The molecule has 0 aromatic carbocycles. The van der Waals surface area contributed by atoms with Gasteiger partial charge in [-0.15, -0.1) is 0 Å². The van der Waals surface area contributed by atoms with Crippen molar-refractivity contribution in [3.63, 3.8) is 0 Å². The number of nitrogens with zero attached hydrogens (tertiary/aromatic N) is 1. The zero-order valence-electron chi connectivity index (χ0n) is 59.0. The highest BCUT2D eigenvalue weighted by Gasteiger charge is 2.28. The minimum absolute atomic E-state index is 0.0557. The van der Waals surface area contributed by atoms with Crippen molar-refractivity contribution in [1.29, 1.82) is 0 Å². The summed E-state index contributed by atoms with van der Waals surface area (Å²) in [6, 6.07) is -0.867. The summed E-state index contributed by atoms with van der Waals surface area (Å²) in [4.78, 5) is 23.5. The maximum atomic E-state index is 13.1. The summed E-state index contributed by atoms with van der Waals surface area (Å²) in [5.41, 5.74) is 0. The molecule has 8 nitrogen and oxygen atoms in total. The van der Waals surface area contributed by atoms with E-state index in [1.807, 2.05) is 27.2 Å². The van der Waals surface area contributed by atoms with E-state index in [1.54, 1.807) is 6.08 Å². The van der Waals surface area contributed by atoms with Crippen LogP contribution in [0.5, 0.6) is 0 Å². The quantitative estimate of drug-likeness (QED) is 0.0243. The first-order valence-electron chi connectivity index (χ1n) is 38.0. The second kappa shape index (κ2) is 69.0. The zero-order chi connectivity index (χ0) is 64.1. The van der Waals surface area contributed by atoms with Crippen molar-refractivity contribution in [3.05, 3.63) is 85.1 Å². The largest absolute Gasteiger partial charge is 0.472 e. The van der Waals surface area contributed by atoms with Crippen molar-refractivity contribution in [2.45, 2.75) is 373 Å². The van der Waals surface area contributed by atoms with Crippen LogP contribution in [0.3, 0.4) is 0 Å². The molecular weight excluding hydrogens is 1100 g/mol. The van der Waals surface area contributed by atoms with Gasteiger partial charge in [-0.25, -0.2) is 4.57 Å². The van der Waals surface area contributed by atoms with Crippen LogP contribution in [0.15, 0.2) is 85.1 Å². The Morgan fingerprint density at radius 2 is 0.693 bits per heavy atom. The molecule has 9 heteroatoms. The molecule has 0 fully saturated rings. The smallest absolute Gasteiger partial charge is 0.387 e. The number of carbonyl (C=O) groups is 1. The van der Waals surface area contributed by atoms with Gasteiger partial charge in [-0.3, -0.25) is 13.8 Å². The zero-order valence-corrected chi connectivity index (χ0v) is 59.9. The van der Waals surface area contributed by atoms with Crippen molar-refractivity contribution < 1.29 is 32.9 Å². The van der Waals surface area contributed by atoms with E-state index in [1.165, 1.54) is 270 Å². The molecule has 0 bridgehead atoms. The fourth-order valence-corrected chi connectivity index (χ4v) is 12.0. The number of hydrogen-bond acceptors (Lipinski definition) is 5. The van der Waals surface area contributed by atoms with Crippen LogP contribution in [-0.2, 0) is 18.4 Å². The van der Waals surface area contributed by atoms with Crippen LogP contribution in [0.4, 0.5) is 0 Å². The van der Waals surface area contributed by atoms with Gasteiger partial charge in [0.25, 0.3) is 0 Å². The van der Waals surface area contributed by atoms with E-state index in [0.29, 0.717) is 17.4 Å². The van der Waals surface area contributed by atoms with Gasteiger partial charge in [0.15, 0.2) is 0 Å². The van der Waals surface area contributed by atoms with Gasteiger partial charge in [-0.2, -0.15) is 0 Å². The molecule has 0 radical (unpaired) electrons. The highest BCUT2D eigenvalue weighted by Crippen LogP contribution is 2.43. The summed E-state index contributed by atoms with van der Waals surface area (Å²) < 4.78 is 23.8. The van der Waals surface area contributed by atoms with E-state index in [9.17, 15) is 19.4 Å². The first kappa shape index (κ1) is 85.7. The number of unbranched alkanes of at least 4 members (excludes halogenated alkanes) is 45. The average molecular weight is 1250 g/mol. The molecule has 0 aliphatic heterocycles. The number of likely N-dealkylation sites (N-methyl/N-ethyl adjacent to an activating group) is 1. The van der Waals surface area contributed by atoms with E-state index in [-0.39, 0.29) is 19.1 Å². The number of aliphatic hydroxyl groups excluding tert-OH is 1. The summed E-state index contributed by atoms with van der Waals surface area (Å²) >= 11 is 0. The van der Waals surface area contributed by atoms with Gasteiger partial charge in [0.2, 0.25) is 5.91 Å². The highest BCUT2D eigenvalue weighted by atomic mass is 31.2. The highest BCUT2D eigenvalue weighted by molar-refractivity contribution is 7.47. The molecule has 0 saturated carbocycles. The Morgan fingerprint density at radius 1 is 0.398 bits per heavy atom. The maximum absolute atomic E-state index is 13.1. The minimum atomic E-state index is -4.37. The summed E-state index contributed by atoms with van der Waals surface area (Å²) in [6.07, 6.45) is 99.1. The molecule has 88 heavy (non-hydrogen) atoms. The van der Waals surface area contributed by atoms with E-state index in [0.717, 1.165) is 70.6 Å². The fourth-order valence-electron chi connectivity index (χ4n) is 11.3. The van der Waals surface area contributed by atoms with Crippen molar-refractivity contribution >= 4 is 13.7 Å². The Bertz CT molecular complexity index is 1710. The number of carbonyl (C=O) groups excluding carboxylic acids is 1. The van der Waals surface area contributed by atoms with E-state index < -0.39 is 20.0 Å². The number of phosphoric acid groups is 1. The lowest BCUT2D eigenvalue weighted by Crippen LogP contribution is -2.45. The van der Waals surface area contributed by atoms with Crippen LogP contribution >= 0.6 is 7.82 Å². The van der Waals surface area contributed by atoms with Crippen LogP contribution in [0.2, 0.25) is 0 Å². The van der Waals surface area contributed by atoms with Crippen LogP contribution in [0, 0.1) is 0 Å². The molecule has 0 heterocycles. The molecule has 0 spiro atoms. The van der Waals surface area contributed by atoms with Gasteiger partial charge in [-0.05, 0) is 77.0 Å². The Morgan fingerprint density at radius 3 is 1.05 bits per heavy atom. The SMILES string of the molecule is CC/C=C\C/C=C\C/C=C\C/C=C\C/C=C\CCCCCCCCCCCCCCCCCCCCCCCC(=O)NC(COP(=O)(O)OCC[N+](C)(C)C)C(O)/C=C/CC/C=C/CCCCCCCCCCCCCCCCCCCCCCCCC. The number of allylic oxidation sites excluding steroid dienone is 13. The van der Waals surface area contributed by atoms with Crippen molar-refractivity contribution in [1.82, 2.24) is 5.32 Å². The molecule has 1 amide bonds. The molecule has 0 aromatic rings. The third-order valence-corrected chi connectivity index (χ3v) is 18.1. The summed E-state index contributed by atoms with van der Waals surface area (Å²) in [6.45, 7) is 4.73. The number of rotatable bonds is 70. The Kier molecular flexibility index (Phi) is 67.2. The molecule has 3 atom stereocenters. The molecule has 0 rings (SSSR count). The third-order valence-electron chi connectivity index (χ3n) is 17.1. The first-order valence-corrected chi connectivity index (χ1v) is 39.5. The lowest BCUT2D eigenvalue weighted by molar-refractivity contribution is -0.870. The number of phosphoric ester groups is 1. The summed E-state index contributed by atoms with van der Waals surface area (Å²) in [7, 11) is 1.57. The molecular formula is C79H148N2O6P+. The third kappa shape index (κ3) is 71.1. The monoisotopic (exact) mass is 1250 g/mol. The van der Waals surface area contributed by atoms with Crippen molar-refractivity contribution in [3.8, 4) is 0 Å². The standard InChI is InChI=1S/C79H147N2O6P/c1-6-8-10-12-14-16-18-20-22-24-26-28-30-32-34-36-37-38-39-40-41-42-43-45-47-49-51-53-55-57-59-61-63-65-67-69-71-73-79(83)80-77(76-87-88(84,85)86-75-74-81(3,4)5)78(82)72-70-68-66-64-62-60-58-56-54-52-50-48-46-44-35-33-31-29-27-25-23-21-19-17-15-13-11-9-7-2/h8,10,14,16,20,22,26,28,32,34,62,64,70,72,77-78,82H,6-7,9,11-13,15,17-19,21,23-25,27,29-31,33,35-61,63,65-69,71,73-76H2,1-5H3,(H-,80,83,84,85)/p+1/b10-8-,16-14-,22-20-,28-26-,34-32-,64-62+,72-70+. The second-order valence-electron chi connectivity index (χ2n) is 27.0. The van der Waals surface area contributed by atoms with E-state index in [4.69, 9.17) is 9.05 Å². The topological polar surface area (TPSA) is 105 Å². The molecule has 0 saturated heterocycles. The van der Waals surface area contributed by atoms with E-state index >= 15 is 0 Å². The van der Waals surface area contributed by atoms with Crippen molar-refractivity contribution in [2.24, 2.45) is 0 Å². The second-order valence-corrected chi connectivity index (χ2v) is 28.4. The maximum Gasteiger partial charge on any atom is 0.472 e. The molecule has 3 N–H and O–H groups in total. The Hall–Kier alpha value is -2.32. The van der Waals surface area contributed by atoms with Crippen molar-refractivity contribution in [2.75, 3.05) is 40.9 Å². The predicted molar refractivity (Wildman–Crippen MR) is 387 cm³/mol.